The topological polar surface area (TPSA) is 35.5 Å². The van der Waals surface area contributed by atoms with Gasteiger partial charge in [-0.15, -0.1) is 0 Å². The van der Waals surface area contributed by atoms with Crippen LogP contribution in [0.2, 0.25) is 0 Å². The van der Waals surface area contributed by atoms with Crippen LogP contribution in [0.4, 0.5) is 0 Å². The third-order valence-corrected chi connectivity index (χ3v) is 4.52. The van der Waals surface area contributed by atoms with Gasteiger partial charge in [0.1, 0.15) is 6.61 Å². The molecule has 0 spiro atoms. The predicted octanol–water partition coefficient (Wildman–Crippen LogP) is 4.59. The van der Waals surface area contributed by atoms with Crippen LogP contribution in [0, 0.1) is 0 Å². The van der Waals surface area contributed by atoms with Gasteiger partial charge in [-0.1, -0.05) is 42.6 Å². The van der Waals surface area contributed by atoms with Gasteiger partial charge in [-0.05, 0) is 35.9 Å². The second-order valence-electron chi connectivity index (χ2n) is 4.95. The van der Waals surface area contributed by atoms with Crippen molar-refractivity contribution in [3.8, 4) is 11.5 Å². The zero-order valence-corrected chi connectivity index (χ0v) is 13.6. The molecule has 0 fully saturated rings. The van der Waals surface area contributed by atoms with E-state index in [9.17, 15) is 4.79 Å². The molecule has 0 N–H and O–H groups in total. The van der Waals surface area contributed by atoms with Crippen molar-refractivity contribution in [1.82, 2.24) is 0 Å². The molecule has 23 heavy (non-hydrogen) atoms. The van der Waals surface area contributed by atoms with Crippen LogP contribution in [-0.2, 0) is 0 Å². The summed E-state index contributed by atoms with van der Waals surface area (Å²) in [5.74, 6) is 1.36. The summed E-state index contributed by atoms with van der Waals surface area (Å²) in [6.45, 7) is 4.05. The summed E-state index contributed by atoms with van der Waals surface area (Å²) < 4.78 is 10.9. The van der Waals surface area contributed by atoms with Gasteiger partial charge >= 0.3 is 0 Å². The Morgan fingerprint density at radius 3 is 2.74 bits per heavy atom. The Kier molecular flexibility index (Phi) is 4.53. The van der Waals surface area contributed by atoms with E-state index in [1.54, 1.807) is 13.2 Å². The minimum absolute atomic E-state index is 0.0663. The lowest BCUT2D eigenvalue weighted by molar-refractivity contribution is 0.104. The van der Waals surface area contributed by atoms with Gasteiger partial charge in [0.05, 0.1) is 12.0 Å². The highest BCUT2D eigenvalue weighted by Gasteiger charge is 2.25. The van der Waals surface area contributed by atoms with E-state index in [-0.39, 0.29) is 5.78 Å². The molecule has 1 aliphatic heterocycles. The summed E-state index contributed by atoms with van der Waals surface area (Å²) in [7, 11) is 1.60. The summed E-state index contributed by atoms with van der Waals surface area (Å²) in [5.41, 5.74) is 1.66. The first-order valence-electron chi connectivity index (χ1n) is 7.18. The molecular weight excluding hydrogens is 308 g/mol. The molecule has 116 valence electrons. The molecule has 1 heterocycles. The fourth-order valence-electron chi connectivity index (χ4n) is 2.33. The standard InChI is InChI=1S/C19H16O3S/c1-3-10-22-15-9-8-13(11-16(15)21-2)12-18-19(20)14-6-4-5-7-17(14)23-18/h3-9,11-12H,1,10H2,2H3/b18-12+. The number of Topliss-reactive ketones (excluding diaryl/α,β-unsaturated/α-hetero) is 1. The molecule has 4 heteroatoms. The third-order valence-electron chi connectivity index (χ3n) is 3.42. The zero-order valence-electron chi connectivity index (χ0n) is 12.7. The van der Waals surface area contributed by atoms with Crippen LogP contribution in [0.15, 0.2) is 64.9 Å². The monoisotopic (exact) mass is 324 g/mol. The number of hydrogen-bond acceptors (Lipinski definition) is 4. The maximum absolute atomic E-state index is 12.4. The molecule has 3 rings (SSSR count). The summed E-state index contributed by atoms with van der Waals surface area (Å²) in [4.78, 5) is 14.1. The lowest BCUT2D eigenvalue weighted by atomic mass is 10.1. The summed E-state index contributed by atoms with van der Waals surface area (Å²) in [5, 5.41) is 0. The highest BCUT2D eigenvalue weighted by atomic mass is 32.2. The van der Waals surface area contributed by atoms with Crippen molar-refractivity contribution in [2.75, 3.05) is 13.7 Å². The second-order valence-corrected chi connectivity index (χ2v) is 6.03. The molecule has 0 aliphatic carbocycles. The van der Waals surface area contributed by atoms with Crippen LogP contribution < -0.4 is 9.47 Å². The Bertz CT molecular complexity index is 793. The van der Waals surface area contributed by atoms with Crippen molar-refractivity contribution in [2.45, 2.75) is 4.90 Å². The van der Waals surface area contributed by atoms with E-state index in [1.165, 1.54) is 11.8 Å². The number of carbonyl (C=O) groups is 1. The molecule has 1 aliphatic rings. The largest absolute Gasteiger partial charge is 0.493 e. The Balaban J connectivity index is 1.89. The first-order valence-corrected chi connectivity index (χ1v) is 7.99. The summed E-state index contributed by atoms with van der Waals surface area (Å²) >= 11 is 1.50. The maximum atomic E-state index is 12.4. The number of carbonyl (C=O) groups excluding carboxylic acids is 1. The molecule has 2 aromatic rings. The Morgan fingerprint density at radius 1 is 1.17 bits per heavy atom. The van der Waals surface area contributed by atoms with E-state index in [4.69, 9.17) is 9.47 Å². The van der Waals surface area contributed by atoms with Gasteiger partial charge in [-0.3, -0.25) is 4.79 Å². The predicted molar refractivity (Wildman–Crippen MR) is 93.3 cm³/mol. The number of allylic oxidation sites excluding steroid dienone is 1. The average molecular weight is 324 g/mol. The van der Waals surface area contributed by atoms with Crippen molar-refractivity contribution < 1.29 is 14.3 Å². The van der Waals surface area contributed by atoms with Gasteiger partial charge in [0.15, 0.2) is 11.5 Å². The number of fused-ring (bicyclic) bond motifs is 1. The number of ketones is 1. The smallest absolute Gasteiger partial charge is 0.200 e. The number of methoxy groups -OCH3 is 1. The van der Waals surface area contributed by atoms with E-state index >= 15 is 0 Å². The lowest BCUT2D eigenvalue weighted by Gasteiger charge is -2.10. The van der Waals surface area contributed by atoms with Crippen molar-refractivity contribution >= 4 is 23.6 Å². The van der Waals surface area contributed by atoms with E-state index in [2.05, 4.69) is 6.58 Å². The number of ether oxygens (including phenoxy) is 2. The fraction of sp³-hybridized carbons (Fsp3) is 0.105. The zero-order chi connectivity index (χ0) is 16.2. The molecule has 0 unspecified atom stereocenters. The van der Waals surface area contributed by atoms with Crippen LogP contribution in [0.25, 0.3) is 6.08 Å². The summed E-state index contributed by atoms with van der Waals surface area (Å²) in [6.07, 6.45) is 3.56. The highest BCUT2D eigenvalue weighted by Crippen LogP contribution is 2.41. The molecule has 0 amide bonds. The van der Waals surface area contributed by atoms with Crippen LogP contribution in [0.5, 0.6) is 11.5 Å². The van der Waals surface area contributed by atoms with Crippen molar-refractivity contribution in [3.05, 3.63) is 71.2 Å². The number of benzene rings is 2. The number of thioether (sulfide) groups is 1. The molecular formula is C19H16O3S. The van der Waals surface area contributed by atoms with Gasteiger partial charge in [0.25, 0.3) is 0 Å². The first-order chi connectivity index (χ1) is 11.2. The van der Waals surface area contributed by atoms with E-state index < -0.39 is 0 Å². The number of rotatable bonds is 5. The third kappa shape index (κ3) is 3.17. The Morgan fingerprint density at radius 2 is 2.00 bits per heavy atom. The van der Waals surface area contributed by atoms with E-state index in [0.717, 1.165) is 16.0 Å². The lowest BCUT2D eigenvalue weighted by Crippen LogP contribution is -1.97. The molecule has 0 atom stereocenters. The molecule has 2 aromatic carbocycles. The van der Waals surface area contributed by atoms with E-state index in [0.29, 0.717) is 23.0 Å². The molecule has 0 saturated heterocycles. The van der Waals surface area contributed by atoms with E-state index in [1.807, 2.05) is 48.5 Å². The normalized spacial score (nSPS) is 14.7. The SMILES string of the molecule is C=CCOc1ccc(/C=C2/Sc3ccccc3C2=O)cc1OC. The van der Waals surface area contributed by atoms with Gasteiger partial charge in [-0.25, -0.2) is 0 Å². The second kappa shape index (κ2) is 6.75. The van der Waals surface area contributed by atoms with Gasteiger partial charge in [0.2, 0.25) is 5.78 Å². The van der Waals surface area contributed by atoms with Crippen molar-refractivity contribution in [2.24, 2.45) is 0 Å². The first kappa shape index (κ1) is 15.4. The van der Waals surface area contributed by atoms with Crippen LogP contribution in [0.3, 0.4) is 0 Å². The minimum Gasteiger partial charge on any atom is -0.493 e. The van der Waals surface area contributed by atoms with Crippen LogP contribution in [-0.4, -0.2) is 19.5 Å². The van der Waals surface area contributed by atoms with Crippen molar-refractivity contribution in [3.63, 3.8) is 0 Å². The minimum atomic E-state index is 0.0663. The maximum Gasteiger partial charge on any atom is 0.200 e. The molecule has 0 aromatic heterocycles. The van der Waals surface area contributed by atoms with Gasteiger partial charge < -0.3 is 9.47 Å². The summed E-state index contributed by atoms with van der Waals surface area (Å²) in [6, 6.07) is 13.3. The van der Waals surface area contributed by atoms with Crippen LogP contribution >= 0.6 is 11.8 Å². The Labute approximate surface area is 139 Å². The molecule has 0 saturated carbocycles. The molecule has 3 nitrogen and oxygen atoms in total. The fourth-order valence-corrected chi connectivity index (χ4v) is 3.38. The molecule has 0 radical (unpaired) electrons. The van der Waals surface area contributed by atoms with Gasteiger partial charge in [0, 0.05) is 10.5 Å². The quantitative estimate of drug-likeness (QED) is 0.595. The van der Waals surface area contributed by atoms with Gasteiger partial charge in [-0.2, -0.15) is 0 Å². The number of hydrogen-bond donors (Lipinski definition) is 0. The van der Waals surface area contributed by atoms with Crippen molar-refractivity contribution in [1.29, 1.82) is 0 Å². The van der Waals surface area contributed by atoms with Crippen LogP contribution in [0.1, 0.15) is 15.9 Å². The molecule has 0 bridgehead atoms. The Hall–Kier alpha value is -2.46. The highest BCUT2D eigenvalue weighted by molar-refractivity contribution is 8.04. The average Bonchev–Trinajstić information content (AvgIpc) is 2.90.